The molecular weight excluding hydrogens is 219 g/mol. The molecule has 0 atom stereocenters. The molecule has 78 valence electrons. The van der Waals surface area contributed by atoms with Gasteiger partial charge in [-0.25, -0.2) is 0 Å². The summed E-state index contributed by atoms with van der Waals surface area (Å²) in [5, 5.41) is 0. The Bertz CT molecular complexity index is 119. The van der Waals surface area contributed by atoms with E-state index in [4.69, 9.17) is 0 Å². The van der Waals surface area contributed by atoms with Gasteiger partial charge in [-0.1, -0.05) is 0 Å². The van der Waals surface area contributed by atoms with Gasteiger partial charge in [0.25, 0.3) is 0 Å². The molecule has 7 heteroatoms. The number of nitrogens with zero attached hydrogens (tertiary/aromatic N) is 2. The molecule has 0 bridgehead atoms. The van der Waals surface area contributed by atoms with E-state index in [2.05, 4.69) is 16.7 Å². The Kier molecular flexibility index (Phi) is 10.6. The molecule has 1 rings (SSSR count). The Hall–Kier alpha value is 1.41. The summed E-state index contributed by atoms with van der Waals surface area (Å²) in [7, 11) is -3.67. The second-order valence-electron chi connectivity index (χ2n) is 3.12. The molecule has 0 spiro atoms. The number of hydrogen-bond acceptors (Lipinski definition) is 2. The maximum absolute atomic E-state index is 9.67. The van der Waals surface area contributed by atoms with Gasteiger partial charge in [0, 0.05) is 0 Å². The molecule has 0 saturated carbocycles. The number of rotatable bonds is 2. The molecule has 1 heterocycles. The van der Waals surface area contributed by atoms with Gasteiger partial charge in [0.2, 0.25) is 0 Å². The SMILES string of the molecule is CCN1CCN([CH2][K])CC1.FB(F)F. The van der Waals surface area contributed by atoms with Crippen LogP contribution in [0.25, 0.3) is 0 Å². The van der Waals surface area contributed by atoms with Crippen LogP contribution in [0.3, 0.4) is 0 Å². The van der Waals surface area contributed by atoms with Crippen molar-refractivity contribution >= 4 is 56.5 Å². The molecule has 0 N–H and O–H groups in total. The van der Waals surface area contributed by atoms with Crippen molar-refractivity contribution in [2.45, 2.75) is 6.92 Å². The van der Waals surface area contributed by atoms with Crippen LogP contribution in [0.4, 0.5) is 12.9 Å². The van der Waals surface area contributed by atoms with Gasteiger partial charge < -0.3 is 0 Å². The molecule has 0 aromatic heterocycles. The van der Waals surface area contributed by atoms with E-state index in [1.807, 2.05) is 0 Å². The first kappa shape index (κ1) is 15.4. The largest absolute Gasteiger partial charge is 0.762 e. The van der Waals surface area contributed by atoms with Crippen molar-refractivity contribution in [2.24, 2.45) is 0 Å². The van der Waals surface area contributed by atoms with Gasteiger partial charge in [-0.3, -0.25) is 12.9 Å². The molecule has 1 saturated heterocycles. The second kappa shape index (κ2) is 9.62. The summed E-state index contributed by atoms with van der Waals surface area (Å²) in [5.41, 5.74) is 0. The van der Waals surface area contributed by atoms with E-state index in [9.17, 15) is 12.9 Å². The number of halogens is 3. The van der Waals surface area contributed by atoms with Crippen LogP contribution in [0.2, 0.25) is 0 Å². The molecule has 14 heavy (non-hydrogen) atoms. The number of likely N-dealkylation sites (N-methyl/N-ethyl adjacent to an activating group) is 1. The van der Waals surface area contributed by atoms with Crippen LogP contribution >= 0.6 is 0 Å². The third-order valence-corrected chi connectivity index (χ3v) is 3.76. The van der Waals surface area contributed by atoms with Gasteiger partial charge in [0.15, 0.2) is 0 Å². The number of piperazine rings is 1. The van der Waals surface area contributed by atoms with E-state index < -0.39 is 7.54 Å². The predicted molar refractivity (Wildman–Crippen MR) is 53.4 cm³/mol. The van der Waals surface area contributed by atoms with Gasteiger partial charge in [0.05, 0.1) is 0 Å². The smallest absolute Gasteiger partial charge is 0.254 e. The van der Waals surface area contributed by atoms with Crippen LogP contribution in [0, 0.1) is 0 Å². The third-order valence-electron chi connectivity index (χ3n) is 2.36. The summed E-state index contributed by atoms with van der Waals surface area (Å²) in [6, 6.07) is 0. The molecule has 0 amide bonds. The molecule has 0 aliphatic carbocycles. The summed E-state index contributed by atoms with van der Waals surface area (Å²) < 4.78 is 30.4. The minimum atomic E-state index is -3.67. The molecule has 2 nitrogen and oxygen atoms in total. The summed E-state index contributed by atoms with van der Waals surface area (Å²) in [6.07, 6.45) is 0. The van der Waals surface area contributed by atoms with Crippen molar-refractivity contribution in [1.82, 2.24) is 9.80 Å². The first-order valence-corrected chi connectivity index (χ1v) is 7.17. The molecule has 1 aliphatic heterocycles. The third kappa shape index (κ3) is 8.70. The summed E-state index contributed by atoms with van der Waals surface area (Å²) >= 11 is 1.02. The van der Waals surface area contributed by atoms with E-state index in [1.54, 1.807) is 0 Å². The first-order chi connectivity index (χ1) is 6.60. The molecule has 0 aromatic carbocycles. The Morgan fingerprint density at radius 2 is 1.43 bits per heavy atom. The van der Waals surface area contributed by atoms with Crippen molar-refractivity contribution in [1.29, 1.82) is 0 Å². The molecule has 1 aliphatic rings. The molecular formula is C7H15BF3KN2. The van der Waals surface area contributed by atoms with Gasteiger partial charge in [-0.05, 0) is 0 Å². The summed E-state index contributed by atoms with van der Waals surface area (Å²) in [5.74, 6) is 0. The number of hydrogen-bond donors (Lipinski definition) is 0. The van der Waals surface area contributed by atoms with Crippen LogP contribution in [-0.4, -0.2) is 99.7 Å². The monoisotopic (exact) mass is 234 g/mol. The van der Waals surface area contributed by atoms with Gasteiger partial charge in [0.1, 0.15) is 0 Å². The van der Waals surface area contributed by atoms with Crippen molar-refractivity contribution in [3.8, 4) is 0 Å². The Balaban J connectivity index is 0.000000364. The van der Waals surface area contributed by atoms with E-state index in [0.29, 0.717) is 0 Å². The topological polar surface area (TPSA) is 6.48 Å². The van der Waals surface area contributed by atoms with Crippen molar-refractivity contribution in [2.75, 3.05) is 33.4 Å². The second-order valence-corrected chi connectivity index (χ2v) is 4.10. The predicted octanol–water partition coefficient (Wildman–Crippen LogP) is 0.630. The average Bonchev–Trinajstić information content (AvgIpc) is 2.17. The van der Waals surface area contributed by atoms with Crippen LogP contribution in [-0.2, 0) is 0 Å². The van der Waals surface area contributed by atoms with Gasteiger partial charge in [-0.15, -0.1) is 0 Å². The summed E-state index contributed by atoms with van der Waals surface area (Å²) in [6.45, 7) is 8.71. The average molecular weight is 234 g/mol. The zero-order valence-corrected chi connectivity index (χ0v) is 12.0. The maximum Gasteiger partial charge on any atom is 0.762 e. The van der Waals surface area contributed by atoms with Crippen molar-refractivity contribution < 1.29 is 12.9 Å². The van der Waals surface area contributed by atoms with Gasteiger partial charge >= 0.3 is 107 Å². The van der Waals surface area contributed by atoms with Crippen LogP contribution in [0.1, 0.15) is 6.92 Å². The fourth-order valence-corrected chi connectivity index (χ4v) is 2.41. The molecule has 0 aromatic rings. The van der Waals surface area contributed by atoms with E-state index in [-0.39, 0.29) is 0 Å². The quantitative estimate of drug-likeness (QED) is 0.646. The standard InChI is InChI=1S/C7H15N2.BF3.K/c1-3-9-6-4-8(2)5-7-9;2-1(3)4;/h2-7H2,1H3;;. The molecule has 1 fully saturated rings. The minimum absolute atomic E-state index is 1.02. The zero-order valence-electron chi connectivity index (χ0n) is 8.85. The van der Waals surface area contributed by atoms with Crippen LogP contribution in [0.5, 0.6) is 0 Å². The van der Waals surface area contributed by atoms with E-state index >= 15 is 0 Å². The fraction of sp³-hybridized carbons (Fsp3) is 1.00. The maximum atomic E-state index is 9.67. The van der Waals surface area contributed by atoms with Crippen LogP contribution in [0.15, 0.2) is 0 Å². The molecule has 0 radical (unpaired) electrons. The van der Waals surface area contributed by atoms with Crippen molar-refractivity contribution in [3.63, 3.8) is 0 Å². The zero-order chi connectivity index (χ0) is 11.0. The first-order valence-electron chi connectivity index (χ1n) is 4.97. The summed E-state index contributed by atoms with van der Waals surface area (Å²) in [4.78, 5) is 5.12. The Labute approximate surface area is 118 Å². The molecule has 0 unspecified atom stereocenters. The fourth-order valence-electron chi connectivity index (χ4n) is 1.42. The normalized spacial score (nSPS) is 18.7. The van der Waals surface area contributed by atoms with E-state index in [0.717, 1.165) is 49.0 Å². The van der Waals surface area contributed by atoms with Gasteiger partial charge in [-0.2, -0.15) is 0 Å². The minimum Gasteiger partial charge on any atom is -0.254 e. The Morgan fingerprint density at radius 1 is 1.07 bits per heavy atom. The van der Waals surface area contributed by atoms with Crippen LogP contribution < -0.4 is 0 Å². The Morgan fingerprint density at radius 3 is 1.71 bits per heavy atom. The van der Waals surface area contributed by atoms with E-state index in [1.165, 1.54) is 33.4 Å². The van der Waals surface area contributed by atoms with Crippen molar-refractivity contribution in [3.05, 3.63) is 0 Å².